The van der Waals surface area contributed by atoms with Crippen molar-refractivity contribution in [3.05, 3.63) is 65.2 Å². The van der Waals surface area contributed by atoms with Gasteiger partial charge in [0.15, 0.2) is 0 Å². The van der Waals surface area contributed by atoms with E-state index in [0.29, 0.717) is 10.7 Å². The summed E-state index contributed by atoms with van der Waals surface area (Å²) < 4.78 is 5.24. The van der Waals surface area contributed by atoms with Crippen LogP contribution in [0.15, 0.2) is 48.5 Å². The summed E-state index contributed by atoms with van der Waals surface area (Å²) in [6.45, 7) is 0. The number of rotatable bonds is 3. The number of methoxy groups -OCH3 is 1. The van der Waals surface area contributed by atoms with Crippen LogP contribution in [0.5, 0.6) is 5.75 Å². The van der Waals surface area contributed by atoms with E-state index in [1.165, 1.54) is 36.0 Å². The van der Waals surface area contributed by atoms with Gasteiger partial charge in [0.2, 0.25) is 0 Å². The molecule has 1 nitrogen and oxygen atoms in total. The lowest BCUT2D eigenvalue weighted by Crippen LogP contribution is -2.13. The SMILES string of the molecule is COc1ccc(C(Br)C2CCCc3ccccc32)cc1. The molecule has 2 unspecified atom stereocenters. The summed E-state index contributed by atoms with van der Waals surface area (Å²) in [7, 11) is 1.71. The van der Waals surface area contributed by atoms with E-state index in [2.05, 4.69) is 52.3 Å². The highest BCUT2D eigenvalue weighted by molar-refractivity contribution is 9.09. The first-order valence-electron chi connectivity index (χ1n) is 7.15. The summed E-state index contributed by atoms with van der Waals surface area (Å²) in [5, 5.41) is 0. The third-order valence-electron chi connectivity index (χ3n) is 4.20. The smallest absolute Gasteiger partial charge is 0.118 e. The number of hydrogen-bond acceptors (Lipinski definition) is 1. The lowest BCUT2D eigenvalue weighted by atomic mass is 9.79. The Balaban J connectivity index is 1.89. The van der Waals surface area contributed by atoms with Crippen LogP contribution < -0.4 is 4.74 Å². The first kappa shape index (κ1) is 13.7. The van der Waals surface area contributed by atoms with E-state index in [9.17, 15) is 0 Å². The fraction of sp³-hybridized carbons (Fsp3) is 0.333. The normalized spacial score (nSPS) is 19.2. The zero-order valence-corrected chi connectivity index (χ0v) is 13.3. The Morgan fingerprint density at radius 2 is 1.85 bits per heavy atom. The summed E-state index contributed by atoms with van der Waals surface area (Å²) in [5.41, 5.74) is 4.35. The lowest BCUT2D eigenvalue weighted by molar-refractivity contribution is 0.414. The summed E-state index contributed by atoms with van der Waals surface area (Å²) in [6, 6.07) is 17.3. The van der Waals surface area contributed by atoms with Crippen molar-refractivity contribution in [2.75, 3.05) is 7.11 Å². The maximum Gasteiger partial charge on any atom is 0.118 e. The second-order valence-corrected chi connectivity index (χ2v) is 6.36. The highest BCUT2D eigenvalue weighted by Gasteiger charge is 2.26. The molecule has 0 saturated heterocycles. The molecule has 104 valence electrons. The molecule has 1 aliphatic rings. The van der Waals surface area contributed by atoms with E-state index in [-0.39, 0.29) is 0 Å². The molecule has 3 rings (SSSR count). The molecule has 0 heterocycles. The average Bonchev–Trinajstić information content (AvgIpc) is 2.54. The molecule has 0 aliphatic heterocycles. The molecule has 0 aromatic heterocycles. The van der Waals surface area contributed by atoms with Crippen LogP contribution in [-0.4, -0.2) is 7.11 Å². The Bertz CT molecular complexity index is 576. The molecule has 2 aromatic carbocycles. The number of benzene rings is 2. The van der Waals surface area contributed by atoms with Gasteiger partial charge in [0, 0.05) is 10.7 Å². The van der Waals surface area contributed by atoms with Gasteiger partial charge in [-0.05, 0) is 48.1 Å². The van der Waals surface area contributed by atoms with E-state index in [4.69, 9.17) is 4.74 Å². The molecule has 0 bridgehead atoms. The van der Waals surface area contributed by atoms with Crippen molar-refractivity contribution in [1.29, 1.82) is 0 Å². The second kappa shape index (κ2) is 6.01. The van der Waals surface area contributed by atoms with Gasteiger partial charge in [-0.3, -0.25) is 0 Å². The van der Waals surface area contributed by atoms with Crippen molar-refractivity contribution in [2.24, 2.45) is 0 Å². The summed E-state index contributed by atoms with van der Waals surface area (Å²) >= 11 is 3.92. The Morgan fingerprint density at radius 1 is 1.10 bits per heavy atom. The Kier molecular flexibility index (Phi) is 4.11. The van der Waals surface area contributed by atoms with Crippen molar-refractivity contribution >= 4 is 15.9 Å². The van der Waals surface area contributed by atoms with Crippen LogP contribution in [0.25, 0.3) is 0 Å². The predicted molar refractivity (Wildman–Crippen MR) is 86.8 cm³/mol. The standard InChI is InChI=1S/C18H19BrO/c1-20-15-11-9-14(10-12-15)18(19)17-8-4-6-13-5-2-3-7-16(13)17/h2-3,5,7,9-12,17-18H,4,6,8H2,1H3. The lowest BCUT2D eigenvalue weighted by Gasteiger charge is -2.29. The maximum absolute atomic E-state index is 5.24. The van der Waals surface area contributed by atoms with Gasteiger partial charge in [0.25, 0.3) is 0 Å². The van der Waals surface area contributed by atoms with Crippen LogP contribution in [0.1, 0.15) is 40.3 Å². The molecular formula is C18H19BrO. The number of alkyl halides is 1. The van der Waals surface area contributed by atoms with Crippen LogP contribution >= 0.6 is 15.9 Å². The maximum atomic E-state index is 5.24. The van der Waals surface area contributed by atoms with Gasteiger partial charge in [0.1, 0.15) is 5.75 Å². The molecule has 0 fully saturated rings. The van der Waals surface area contributed by atoms with Gasteiger partial charge in [-0.15, -0.1) is 0 Å². The Labute approximate surface area is 129 Å². The van der Waals surface area contributed by atoms with Gasteiger partial charge in [-0.25, -0.2) is 0 Å². The van der Waals surface area contributed by atoms with Crippen molar-refractivity contribution in [1.82, 2.24) is 0 Å². The van der Waals surface area contributed by atoms with Gasteiger partial charge in [-0.2, -0.15) is 0 Å². The molecule has 2 aromatic rings. The van der Waals surface area contributed by atoms with Gasteiger partial charge >= 0.3 is 0 Å². The summed E-state index contributed by atoms with van der Waals surface area (Å²) in [6.07, 6.45) is 3.74. The van der Waals surface area contributed by atoms with Crippen LogP contribution in [0, 0.1) is 0 Å². The minimum absolute atomic E-state index is 0.370. The molecule has 2 atom stereocenters. The molecule has 0 radical (unpaired) electrons. The van der Waals surface area contributed by atoms with Crippen molar-refractivity contribution in [2.45, 2.75) is 30.0 Å². The minimum atomic E-state index is 0.370. The Hall–Kier alpha value is -1.28. The molecule has 0 spiro atoms. The van der Waals surface area contributed by atoms with E-state index >= 15 is 0 Å². The predicted octanol–water partition coefficient (Wildman–Crippen LogP) is 5.25. The van der Waals surface area contributed by atoms with E-state index < -0.39 is 0 Å². The van der Waals surface area contributed by atoms with Gasteiger partial charge < -0.3 is 4.74 Å². The molecule has 0 N–H and O–H groups in total. The minimum Gasteiger partial charge on any atom is -0.497 e. The fourth-order valence-electron chi connectivity index (χ4n) is 3.12. The van der Waals surface area contributed by atoms with Crippen molar-refractivity contribution in [3.8, 4) is 5.75 Å². The summed E-state index contributed by atoms with van der Waals surface area (Å²) in [5.74, 6) is 1.48. The molecular weight excluding hydrogens is 312 g/mol. The zero-order chi connectivity index (χ0) is 13.9. The third-order valence-corrected chi connectivity index (χ3v) is 5.37. The third kappa shape index (κ3) is 2.62. The monoisotopic (exact) mass is 330 g/mol. The highest BCUT2D eigenvalue weighted by Crippen LogP contribution is 2.45. The number of halogens is 1. The Morgan fingerprint density at radius 3 is 2.60 bits per heavy atom. The number of hydrogen-bond donors (Lipinski definition) is 0. The van der Waals surface area contributed by atoms with Crippen molar-refractivity contribution < 1.29 is 4.74 Å². The average molecular weight is 331 g/mol. The van der Waals surface area contributed by atoms with Crippen LogP contribution in [-0.2, 0) is 6.42 Å². The molecule has 0 saturated carbocycles. The number of fused-ring (bicyclic) bond motifs is 1. The molecule has 20 heavy (non-hydrogen) atoms. The summed E-state index contributed by atoms with van der Waals surface area (Å²) in [4.78, 5) is 0.370. The van der Waals surface area contributed by atoms with E-state index in [1.807, 2.05) is 12.1 Å². The number of ether oxygens (including phenoxy) is 1. The molecule has 0 amide bonds. The van der Waals surface area contributed by atoms with Crippen molar-refractivity contribution in [3.63, 3.8) is 0 Å². The van der Waals surface area contributed by atoms with E-state index in [1.54, 1.807) is 7.11 Å². The van der Waals surface area contributed by atoms with E-state index in [0.717, 1.165) is 5.75 Å². The molecule has 1 aliphatic carbocycles. The topological polar surface area (TPSA) is 9.23 Å². The first-order valence-corrected chi connectivity index (χ1v) is 8.07. The van der Waals surface area contributed by atoms with Crippen LogP contribution in [0.4, 0.5) is 0 Å². The van der Waals surface area contributed by atoms with Gasteiger partial charge in [-0.1, -0.05) is 52.3 Å². The quantitative estimate of drug-likeness (QED) is 0.698. The largest absolute Gasteiger partial charge is 0.497 e. The number of aryl methyl sites for hydroxylation is 1. The first-order chi connectivity index (χ1) is 9.79. The van der Waals surface area contributed by atoms with Gasteiger partial charge in [0.05, 0.1) is 7.11 Å². The highest BCUT2D eigenvalue weighted by atomic mass is 79.9. The van der Waals surface area contributed by atoms with Crippen LogP contribution in [0.3, 0.4) is 0 Å². The second-order valence-electron chi connectivity index (χ2n) is 5.37. The zero-order valence-electron chi connectivity index (χ0n) is 11.7. The molecule has 2 heteroatoms. The van der Waals surface area contributed by atoms with Crippen LogP contribution in [0.2, 0.25) is 0 Å². The fourth-order valence-corrected chi connectivity index (χ4v) is 3.97.